The topological polar surface area (TPSA) is 75.0 Å². The molecule has 0 aliphatic rings. The minimum Gasteiger partial charge on any atom is -0.497 e. The first-order valence-electron chi connectivity index (χ1n) is 8.41. The first-order valence-corrected chi connectivity index (χ1v) is 8.41. The van der Waals surface area contributed by atoms with Crippen LogP contribution in [0.5, 0.6) is 11.5 Å². The Morgan fingerprint density at radius 2 is 1.78 bits per heavy atom. The van der Waals surface area contributed by atoms with E-state index in [0.29, 0.717) is 22.3 Å². The third-order valence-electron chi connectivity index (χ3n) is 4.19. The summed E-state index contributed by atoms with van der Waals surface area (Å²) in [6.07, 6.45) is -0.960. The number of carbonyl (C=O) groups excluding carboxylic acids is 1. The van der Waals surface area contributed by atoms with Crippen LogP contribution in [0.3, 0.4) is 0 Å². The molecule has 3 aromatic rings. The van der Waals surface area contributed by atoms with Crippen LogP contribution in [0.4, 0.5) is 0 Å². The molecule has 0 unspecified atom stereocenters. The maximum absolute atomic E-state index is 13.0. The van der Waals surface area contributed by atoms with Gasteiger partial charge in [-0.1, -0.05) is 6.07 Å². The van der Waals surface area contributed by atoms with Gasteiger partial charge in [0.15, 0.2) is 11.9 Å². The van der Waals surface area contributed by atoms with Crippen LogP contribution in [-0.4, -0.2) is 26.3 Å². The van der Waals surface area contributed by atoms with E-state index in [0.717, 1.165) is 5.56 Å². The van der Waals surface area contributed by atoms with Crippen LogP contribution in [0.25, 0.3) is 22.3 Å². The zero-order chi connectivity index (χ0) is 19.6. The Kier molecular flexibility index (Phi) is 5.16. The molecule has 0 amide bonds. The average Bonchev–Trinajstić information content (AvgIpc) is 2.69. The van der Waals surface area contributed by atoms with Gasteiger partial charge in [-0.15, -0.1) is 0 Å². The van der Waals surface area contributed by atoms with E-state index in [4.69, 9.17) is 18.6 Å². The predicted molar refractivity (Wildman–Crippen MR) is 101 cm³/mol. The number of esters is 1. The Balaban J connectivity index is 2.22. The number of fused-ring (bicyclic) bond motifs is 1. The molecule has 140 valence electrons. The Morgan fingerprint density at radius 1 is 1.07 bits per heavy atom. The van der Waals surface area contributed by atoms with Gasteiger partial charge >= 0.3 is 5.97 Å². The smallest absolute Gasteiger partial charge is 0.346 e. The lowest BCUT2D eigenvalue weighted by atomic mass is 10.1. The second-order valence-electron chi connectivity index (χ2n) is 6.10. The van der Waals surface area contributed by atoms with Crippen LogP contribution >= 0.6 is 0 Å². The van der Waals surface area contributed by atoms with Crippen molar-refractivity contribution in [3.8, 4) is 22.8 Å². The summed E-state index contributed by atoms with van der Waals surface area (Å²) < 4.78 is 21.5. The lowest BCUT2D eigenvalue weighted by molar-refractivity contribution is -0.147. The molecule has 1 heterocycles. The van der Waals surface area contributed by atoms with Crippen LogP contribution in [0.15, 0.2) is 51.7 Å². The second-order valence-corrected chi connectivity index (χ2v) is 6.10. The van der Waals surface area contributed by atoms with Crippen molar-refractivity contribution in [3.05, 3.63) is 58.3 Å². The Hall–Kier alpha value is -3.28. The summed E-state index contributed by atoms with van der Waals surface area (Å²) in [6.45, 7) is 3.43. The molecule has 0 saturated heterocycles. The maximum Gasteiger partial charge on any atom is 0.346 e. The molecule has 0 aliphatic carbocycles. The average molecular weight is 368 g/mol. The molecular weight excluding hydrogens is 348 g/mol. The van der Waals surface area contributed by atoms with Gasteiger partial charge in [-0.05, 0) is 55.8 Å². The van der Waals surface area contributed by atoms with E-state index < -0.39 is 12.1 Å². The fraction of sp³-hybridized carbons (Fsp3) is 0.238. The standard InChI is InChI=1S/C21H20O6/c1-12-5-10-16-17(11-12)27-19(14-6-8-15(24-3)9-7-14)20(18(16)22)26-13(2)21(23)25-4/h5-11,13H,1-4H3/t13-/m1/s1. The minimum atomic E-state index is -0.960. The fourth-order valence-corrected chi connectivity index (χ4v) is 2.71. The fourth-order valence-electron chi connectivity index (χ4n) is 2.71. The SMILES string of the molecule is COC(=O)[C@@H](C)Oc1c(-c2ccc(OC)cc2)oc2cc(C)ccc2c1=O. The largest absolute Gasteiger partial charge is 0.497 e. The summed E-state index contributed by atoms with van der Waals surface area (Å²) in [5.41, 5.74) is 1.69. The van der Waals surface area contributed by atoms with Crippen LogP contribution in [0, 0.1) is 6.92 Å². The predicted octanol–water partition coefficient (Wildman–Crippen LogP) is 3.72. The van der Waals surface area contributed by atoms with Crippen molar-refractivity contribution in [3.63, 3.8) is 0 Å². The quantitative estimate of drug-likeness (QED) is 0.639. The zero-order valence-corrected chi connectivity index (χ0v) is 15.6. The molecule has 0 spiro atoms. The Morgan fingerprint density at radius 3 is 2.41 bits per heavy atom. The van der Waals surface area contributed by atoms with Crippen molar-refractivity contribution in [2.75, 3.05) is 14.2 Å². The molecular formula is C21H20O6. The van der Waals surface area contributed by atoms with Gasteiger partial charge in [0.05, 0.1) is 19.6 Å². The van der Waals surface area contributed by atoms with Crippen molar-refractivity contribution in [2.45, 2.75) is 20.0 Å². The van der Waals surface area contributed by atoms with Gasteiger partial charge in [0.2, 0.25) is 11.2 Å². The number of hydrogen-bond acceptors (Lipinski definition) is 6. The third kappa shape index (κ3) is 3.65. The normalized spacial score (nSPS) is 11.9. The van der Waals surface area contributed by atoms with Crippen LogP contribution in [-0.2, 0) is 9.53 Å². The van der Waals surface area contributed by atoms with Gasteiger partial charge in [0.1, 0.15) is 11.3 Å². The van der Waals surface area contributed by atoms with Crippen molar-refractivity contribution < 1.29 is 23.4 Å². The molecule has 1 atom stereocenters. The van der Waals surface area contributed by atoms with E-state index in [1.807, 2.05) is 13.0 Å². The van der Waals surface area contributed by atoms with Crippen LogP contribution in [0.1, 0.15) is 12.5 Å². The van der Waals surface area contributed by atoms with Gasteiger partial charge < -0.3 is 18.6 Å². The summed E-state index contributed by atoms with van der Waals surface area (Å²) in [4.78, 5) is 24.8. The van der Waals surface area contributed by atoms with Gasteiger partial charge in [-0.3, -0.25) is 4.79 Å². The number of aryl methyl sites for hydroxylation is 1. The van der Waals surface area contributed by atoms with Crippen molar-refractivity contribution in [2.24, 2.45) is 0 Å². The molecule has 1 aromatic heterocycles. The number of hydrogen-bond donors (Lipinski definition) is 0. The van der Waals surface area contributed by atoms with E-state index in [1.54, 1.807) is 43.5 Å². The number of rotatable bonds is 5. The highest BCUT2D eigenvalue weighted by Crippen LogP contribution is 2.32. The molecule has 0 bridgehead atoms. The highest BCUT2D eigenvalue weighted by molar-refractivity contribution is 5.83. The second kappa shape index (κ2) is 7.53. The highest BCUT2D eigenvalue weighted by atomic mass is 16.6. The minimum absolute atomic E-state index is 0.0329. The number of ether oxygens (including phenoxy) is 3. The number of methoxy groups -OCH3 is 2. The van der Waals surface area contributed by atoms with Crippen molar-refractivity contribution in [1.29, 1.82) is 0 Å². The zero-order valence-electron chi connectivity index (χ0n) is 15.6. The summed E-state index contributed by atoms with van der Waals surface area (Å²) in [7, 11) is 2.83. The summed E-state index contributed by atoms with van der Waals surface area (Å²) in [5, 5.41) is 0.380. The van der Waals surface area contributed by atoms with E-state index in [-0.39, 0.29) is 16.9 Å². The van der Waals surface area contributed by atoms with Gasteiger partial charge in [0, 0.05) is 5.56 Å². The molecule has 6 nitrogen and oxygen atoms in total. The molecule has 0 aliphatic heterocycles. The Labute approximate surface area is 156 Å². The molecule has 0 fully saturated rings. The molecule has 0 radical (unpaired) electrons. The highest BCUT2D eigenvalue weighted by Gasteiger charge is 2.23. The summed E-state index contributed by atoms with van der Waals surface area (Å²) in [6, 6.07) is 12.3. The molecule has 27 heavy (non-hydrogen) atoms. The summed E-state index contributed by atoms with van der Waals surface area (Å²) >= 11 is 0. The van der Waals surface area contributed by atoms with Gasteiger partial charge in [-0.2, -0.15) is 0 Å². The van der Waals surface area contributed by atoms with Crippen LogP contribution in [0.2, 0.25) is 0 Å². The summed E-state index contributed by atoms with van der Waals surface area (Å²) in [5.74, 6) is 0.299. The van der Waals surface area contributed by atoms with Gasteiger partial charge in [-0.25, -0.2) is 4.79 Å². The first kappa shape index (κ1) is 18.5. The van der Waals surface area contributed by atoms with Gasteiger partial charge in [0.25, 0.3) is 0 Å². The monoisotopic (exact) mass is 368 g/mol. The Bertz CT molecular complexity index is 1030. The number of carbonyl (C=O) groups is 1. The number of benzene rings is 2. The molecule has 6 heteroatoms. The maximum atomic E-state index is 13.0. The third-order valence-corrected chi connectivity index (χ3v) is 4.19. The van der Waals surface area contributed by atoms with E-state index in [9.17, 15) is 9.59 Å². The first-order chi connectivity index (χ1) is 12.9. The molecule has 2 aromatic carbocycles. The van der Waals surface area contributed by atoms with E-state index in [1.165, 1.54) is 14.0 Å². The molecule has 3 rings (SSSR count). The molecule has 0 saturated carbocycles. The van der Waals surface area contributed by atoms with E-state index in [2.05, 4.69) is 0 Å². The lowest BCUT2D eigenvalue weighted by Gasteiger charge is -2.15. The van der Waals surface area contributed by atoms with Crippen LogP contribution < -0.4 is 14.9 Å². The molecule has 0 N–H and O–H groups in total. The lowest BCUT2D eigenvalue weighted by Crippen LogP contribution is -2.27. The van der Waals surface area contributed by atoms with Crippen molar-refractivity contribution in [1.82, 2.24) is 0 Å². The van der Waals surface area contributed by atoms with E-state index >= 15 is 0 Å². The van der Waals surface area contributed by atoms with Crippen molar-refractivity contribution >= 4 is 16.9 Å².